The quantitative estimate of drug-likeness (QED) is 0.587. The second-order valence-electron chi connectivity index (χ2n) is 7.77. The normalized spacial score (nSPS) is 23.2. The Labute approximate surface area is 176 Å². The summed E-state index contributed by atoms with van der Waals surface area (Å²) in [5.74, 6) is -0.405. The number of benzene rings is 3. The summed E-state index contributed by atoms with van der Waals surface area (Å²) in [7, 11) is 0. The number of rotatable bonds is 6. The van der Waals surface area contributed by atoms with E-state index in [1.54, 1.807) is 4.90 Å². The third-order valence-corrected chi connectivity index (χ3v) is 5.95. The van der Waals surface area contributed by atoms with Gasteiger partial charge in [-0.3, -0.25) is 9.69 Å². The van der Waals surface area contributed by atoms with Gasteiger partial charge >= 0.3 is 0 Å². The zero-order chi connectivity index (χ0) is 21.1. The summed E-state index contributed by atoms with van der Waals surface area (Å²) < 4.78 is 0. The van der Waals surface area contributed by atoms with Crippen LogP contribution < -0.4 is 10.2 Å². The Kier molecular flexibility index (Phi) is 5.57. The van der Waals surface area contributed by atoms with E-state index in [0.717, 1.165) is 5.69 Å². The largest absolute Gasteiger partial charge is 0.386 e. The van der Waals surface area contributed by atoms with Crippen molar-refractivity contribution in [3.05, 3.63) is 96.6 Å². The monoisotopic (exact) mass is 402 g/mol. The summed E-state index contributed by atoms with van der Waals surface area (Å²) in [5.41, 5.74) is 1.14. The zero-order valence-electron chi connectivity index (χ0n) is 16.8. The van der Waals surface area contributed by atoms with Crippen LogP contribution in [0.2, 0.25) is 0 Å². The van der Waals surface area contributed by atoms with Gasteiger partial charge in [-0.15, -0.1) is 0 Å². The number of carbonyl (C=O) groups excluding carboxylic acids is 1. The van der Waals surface area contributed by atoms with Gasteiger partial charge < -0.3 is 15.5 Å². The van der Waals surface area contributed by atoms with Crippen molar-refractivity contribution >= 4 is 17.3 Å². The van der Waals surface area contributed by atoms with Gasteiger partial charge in [-0.05, 0) is 36.8 Å². The van der Waals surface area contributed by atoms with Crippen LogP contribution in [0.4, 0.5) is 11.4 Å². The lowest BCUT2D eigenvalue weighted by molar-refractivity contribution is -0.124. The maximum atomic E-state index is 13.2. The standard InChI is InChI=1S/C25H26N2O3/c1-18(26-20-13-7-3-8-14-20)25(23(29)19-11-5-2-6-12-19)17-22(28)24(30)27(25)21-15-9-4-10-16-21/h2-16,18,22-23,26,28-29H,17H2,1H3/t18?,22-,23?,25?/m1/s1. The first-order valence-electron chi connectivity index (χ1n) is 10.2. The van der Waals surface area contributed by atoms with Crippen molar-refractivity contribution in [3.63, 3.8) is 0 Å². The number of hydrogen-bond donors (Lipinski definition) is 3. The molecule has 0 spiro atoms. The zero-order valence-corrected chi connectivity index (χ0v) is 16.8. The maximum absolute atomic E-state index is 13.2. The Balaban J connectivity index is 1.85. The number of aliphatic hydroxyl groups is 2. The molecule has 3 N–H and O–H groups in total. The van der Waals surface area contributed by atoms with Crippen LogP contribution >= 0.6 is 0 Å². The number of carbonyl (C=O) groups is 1. The van der Waals surface area contributed by atoms with Gasteiger partial charge in [0.15, 0.2) is 0 Å². The van der Waals surface area contributed by atoms with E-state index >= 15 is 0 Å². The topological polar surface area (TPSA) is 72.8 Å². The molecule has 3 aromatic rings. The molecule has 1 amide bonds. The van der Waals surface area contributed by atoms with Crippen LogP contribution in [0, 0.1) is 0 Å². The van der Waals surface area contributed by atoms with E-state index in [2.05, 4.69) is 5.32 Å². The first-order valence-corrected chi connectivity index (χ1v) is 10.2. The molecular formula is C25H26N2O3. The third-order valence-electron chi connectivity index (χ3n) is 5.95. The second kappa shape index (κ2) is 8.30. The molecule has 0 saturated carbocycles. The molecule has 3 aromatic carbocycles. The van der Waals surface area contributed by atoms with Crippen molar-refractivity contribution in [2.24, 2.45) is 0 Å². The molecule has 1 aliphatic heterocycles. The van der Waals surface area contributed by atoms with E-state index < -0.39 is 23.7 Å². The Hall–Kier alpha value is -3.15. The lowest BCUT2D eigenvalue weighted by Gasteiger charge is -2.46. The summed E-state index contributed by atoms with van der Waals surface area (Å²) in [6.45, 7) is 1.94. The average Bonchev–Trinajstić information content (AvgIpc) is 3.06. The van der Waals surface area contributed by atoms with Gasteiger partial charge in [-0.25, -0.2) is 0 Å². The number of nitrogens with zero attached hydrogens (tertiary/aromatic N) is 1. The van der Waals surface area contributed by atoms with Crippen molar-refractivity contribution in [1.29, 1.82) is 0 Å². The molecule has 30 heavy (non-hydrogen) atoms. The number of hydrogen-bond acceptors (Lipinski definition) is 4. The Morgan fingerprint density at radius 3 is 2.07 bits per heavy atom. The smallest absolute Gasteiger partial charge is 0.256 e. The first kappa shape index (κ1) is 20.1. The molecule has 1 aliphatic rings. The van der Waals surface area contributed by atoms with Crippen LogP contribution in [0.5, 0.6) is 0 Å². The highest BCUT2D eigenvalue weighted by Gasteiger charge is 2.58. The number of para-hydroxylation sites is 2. The number of anilines is 2. The molecule has 1 fully saturated rings. The summed E-state index contributed by atoms with van der Waals surface area (Å²) in [6, 6.07) is 27.9. The van der Waals surface area contributed by atoms with Crippen molar-refractivity contribution in [1.82, 2.24) is 0 Å². The van der Waals surface area contributed by atoms with E-state index in [-0.39, 0.29) is 12.5 Å². The molecule has 3 unspecified atom stereocenters. The summed E-state index contributed by atoms with van der Waals surface area (Å²) >= 11 is 0. The van der Waals surface area contributed by atoms with Crippen LogP contribution in [0.25, 0.3) is 0 Å². The predicted octanol–water partition coefficient (Wildman–Crippen LogP) is 3.76. The lowest BCUT2D eigenvalue weighted by Crippen LogP contribution is -2.60. The van der Waals surface area contributed by atoms with E-state index in [1.807, 2.05) is 97.9 Å². The third kappa shape index (κ3) is 3.47. The number of amides is 1. The van der Waals surface area contributed by atoms with Crippen molar-refractivity contribution < 1.29 is 15.0 Å². The van der Waals surface area contributed by atoms with Crippen LogP contribution in [0.15, 0.2) is 91.0 Å². The Bertz CT molecular complexity index is 981. The molecular weight excluding hydrogens is 376 g/mol. The van der Waals surface area contributed by atoms with Crippen molar-refractivity contribution in [2.75, 3.05) is 10.2 Å². The highest BCUT2D eigenvalue weighted by molar-refractivity contribution is 6.01. The summed E-state index contributed by atoms with van der Waals surface area (Å²) in [4.78, 5) is 14.7. The first-order chi connectivity index (χ1) is 14.5. The molecule has 0 bridgehead atoms. The Morgan fingerprint density at radius 1 is 0.933 bits per heavy atom. The van der Waals surface area contributed by atoms with Crippen LogP contribution in [-0.4, -0.2) is 33.8 Å². The summed E-state index contributed by atoms with van der Waals surface area (Å²) in [6.07, 6.45) is -2.09. The highest BCUT2D eigenvalue weighted by Crippen LogP contribution is 2.46. The fraction of sp³-hybridized carbons (Fsp3) is 0.240. The van der Waals surface area contributed by atoms with Gasteiger partial charge in [-0.1, -0.05) is 66.7 Å². The van der Waals surface area contributed by atoms with Gasteiger partial charge in [0, 0.05) is 23.8 Å². The van der Waals surface area contributed by atoms with Crippen molar-refractivity contribution in [3.8, 4) is 0 Å². The molecule has 1 heterocycles. The minimum atomic E-state index is -1.19. The van der Waals surface area contributed by atoms with Gasteiger partial charge in [0.25, 0.3) is 5.91 Å². The fourth-order valence-corrected chi connectivity index (χ4v) is 4.46. The molecule has 0 aromatic heterocycles. The number of nitrogens with one attached hydrogen (secondary N) is 1. The average molecular weight is 402 g/mol. The van der Waals surface area contributed by atoms with Gasteiger partial charge in [0.2, 0.25) is 0 Å². The highest BCUT2D eigenvalue weighted by atomic mass is 16.3. The Morgan fingerprint density at radius 2 is 1.47 bits per heavy atom. The van der Waals surface area contributed by atoms with Gasteiger partial charge in [0.1, 0.15) is 17.7 Å². The van der Waals surface area contributed by atoms with Crippen LogP contribution in [-0.2, 0) is 4.79 Å². The molecule has 4 rings (SSSR count). The molecule has 1 saturated heterocycles. The summed E-state index contributed by atoms with van der Waals surface area (Å²) in [5, 5.41) is 25.7. The van der Waals surface area contributed by atoms with E-state index in [1.165, 1.54) is 0 Å². The maximum Gasteiger partial charge on any atom is 0.256 e. The lowest BCUT2D eigenvalue weighted by atomic mass is 9.78. The van der Waals surface area contributed by atoms with Crippen LogP contribution in [0.1, 0.15) is 25.0 Å². The van der Waals surface area contributed by atoms with E-state index in [4.69, 9.17) is 0 Å². The molecule has 4 atom stereocenters. The van der Waals surface area contributed by atoms with E-state index in [0.29, 0.717) is 11.3 Å². The molecule has 5 nitrogen and oxygen atoms in total. The van der Waals surface area contributed by atoms with Crippen LogP contribution in [0.3, 0.4) is 0 Å². The molecule has 5 heteroatoms. The predicted molar refractivity (Wildman–Crippen MR) is 118 cm³/mol. The van der Waals surface area contributed by atoms with Gasteiger partial charge in [-0.2, -0.15) is 0 Å². The molecule has 0 radical (unpaired) electrons. The fourth-order valence-electron chi connectivity index (χ4n) is 4.46. The van der Waals surface area contributed by atoms with E-state index in [9.17, 15) is 15.0 Å². The minimum absolute atomic E-state index is 0.109. The minimum Gasteiger partial charge on any atom is -0.386 e. The number of aliphatic hydroxyl groups excluding tert-OH is 2. The molecule has 0 aliphatic carbocycles. The second-order valence-corrected chi connectivity index (χ2v) is 7.77. The SMILES string of the molecule is CC(Nc1ccccc1)C1(C(O)c2ccccc2)C[C@@H](O)C(=O)N1c1ccccc1. The van der Waals surface area contributed by atoms with Gasteiger partial charge in [0.05, 0.1) is 0 Å². The van der Waals surface area contributed by atoms with Crippen molar-refractivity contribution in [2.45, 2.75) is 37.1 Å². The molecule has 154 valence electrons.